The number of hydrogen-bond donors (Lipinski definition) is 0. The molecule has 0 amide bonds. The molecule has 4 fully saturated rings. The summed E-state index contributed by atoms with van der Waals surface area (Å²) in [6, 6.07) is 0. The van der Waals surface area contributed by atoms with Gasteiger partial charge in [0.2, 0.25) is 6.29 Å². The van der Waals surface area contributed by atoms with Crippen molar-refractivity contribution in [1.82, 2.24) is 0 Å². The van der Waals surface area contributed by atoms with Crippen LogP contribution in [0, 0.1) is 23.2 Å². The summed E-state index contributed by atoms with van der Waals surface area (Å²) in [6.45, 7) is 4.02. The zero-order valence-corrected chi connectivity index (χ0v) is 14.7. The van der Waals surface area contributed by atoms with Crippen molar-refractivity contribution in [2.75, 3.05) is 5.33 Å². The van der Waals surface area contributed by atoms with Gasteiger partial charge in [0.15, 0.2) is 0 Å². The molecular formula is C17H27BrO3. The lowest BCUT2D eigenvalue weighted by atomic mass is 9.49. The topological polar surface area (TPSA) is 35.5 Å². The molecule has 3 nitrogen and oxygen atoms in total. The Morgan fingerprint density at radius 1 is 1.14 bits per heavy atom. The SMILES string of the molecule is CC(C)OC(CC12CC3CC(CC(C3)C1)C2)OC(=O)CBr. The summed E-state index contributed by atoms with van der Waals surface area (Å²) < 4.78 is 11.4. The van der Waals surface area contributed by atoms with E-state index in [2.05, 4.69) is 15.9 Å². The van der Waals surface area contributed by atoms with Crippen LogP contribution >= 0.6 is 15.9 Å². The van der Waals surface area contributed by atoms with Gasteiger partial charge in [0.25, 0.3) is 0 Å². The van der Waals surface area contributed by atoms with E-state index in [9.17, 15) is 4.79 Å². The molecule has 0 heterocycles. The second-order valence-electron chi connectivity index (χ2n) is 7.86. The van der Waals surface area contributed by atoms with Crippen LogP contribution in [-0.4, -0.2) is 23.7 Å². The average molecular weight is 359 g/mol. The molecule has 4 aliphatic carbocycles. The number of halogens is 1. The van der Waals surface area contributed by atoms with Crippen LogP contribution in [0.15, 0.2) is 0 Å². The van der Waals surface area contributed by atoms with Gasteiger partial charge in [0.1, 0.15) is 5.33 Å². The van der Waals surface area contributed by atoms with E-state index in [-0.39, 0.29) is 23.7 Å². The predicted molar refractivity (Wildman–Crippen MR) is 85.1 cm³/mol. The molecule has 0 aromatic rings. The molecule has 1 atom stereocenters. The van der Waals surface area contributed by atoms with E-state index in [1.165, 1.54) is 38.5 Å². The first-order valence-corrected chi connectivity index (χ1v) is 9.51. The molecule has 21 heavy (non-hydrogen) atoms. The molecule has 0 saturated heterocycles. The largest absolute Gasteiger partial charge is 0.435 e. The van der Waals surface area contributed by atoms with Gasteiger partial charge in [0.05, 0.1) is 6.10 Å². The Morgan fingerprint density at radius 2 is 1.67 bits per heavy atom. The second-order valence-corrected chi connectivity index (χ2v) is 8.42. The molecule has 0 radical (unpaired) electrons. The number of ether oxygens (including phenoxy) is 2. The van der Waals surface area contributed by atoms with Gasteiger partial charge in [-0.15, -0.1) is 0 Å². The number of esters is 1. The Hall–Kier alpha value is -0.0900. The van der Waals surface area contributed by atoms with Crippen molar-refractivity contribution in [3.63, 3.8) is 0 Å². The maximum Gasteiger partial charge on any atom is 0.318 e. The number of carbonyl (C=O) groups excluding carboxylic acids is 1. The van der Waals surface area contributed by atoms with Crippen molar-refractivity contribution >= 4 is 21.9 Å². The molecule has 0 aromatic heterocycles. The van der Waals surface area contributed by atoms with E-state index in [0.717, 1.165) is 24.2 Å². The summed E-state index contributed by atoms with van der Waals surface area (Å²) in [5.74, 6) is 2.54. The maximum atomic E-state index is 11.6. The minimum atomic E-state index is -0.369. The molecule has 4 aliphatic rings. The lowest BCUT2D eigenvalue weighted by Crippen LogP contribution is -2.48. The predicted octanol–water partition coefficient (Wildman–Crippen LogP) is 4.28. The first-order valence-electron chi connectivity index (χ1n) is 8.39. The lowest BCUT2D eigenvalue weighted by Gasteiger charge is -2.57. The molecular weight excluding hydrogens is 332 g/mol. The molecule has 4 heteroatoms. The summed E-state index contributed by atoms with van der Waals surface area (Å²) >= 11 is 3.17. The Kier molecular flexibility index (Phi) is 4.66. The van der Waals surface area contributed by atoms with Gasteiger partial charge in [-0.2, -0.15) is 0 Å². The fourth-order valence-corrected chi connectivity index (χ4v) is 5.62. The first kappa shape index (κ1) is 15.8. The molecule has 0 spiro atoms. The van der Waals surface area contributed by atoms with E-state index < -0.39 is 0 Å². The number of rotatable bonds is 6. The molecule has 4 rings (SSSR count). The van der Waals surface area contributed by atoms with Crippen molar-refractivity contribution in [3.05, 3.63) is 0 Å². The van der Waals surface area contributed by atoms with Gasteiger partial charge in [0, 0.05) is 6.42 Å². The van der Waals surface area contributed by atoms with Crippen LogP contribution in [0.25, 0.3) is 0 Å². The van der Waals surface area contributed by atoms with E-state index in [1.54, 1.807) is 0 Å². The number of alkyl halides is 1. The highest BCUT2D eigenvalue weighted by Gasteiger charge is 2.51. The molecule has 0 N–H and O–H groups in total. The van der Waals surface area contributed by atoms with Crippen LogP contribution in [-0.2, 0) is 14.3 Å². The third-order valence-corrected chi connectivity index (χ3v) is 6.02. The van der Waals surface area contributed by atoms with Crippen LogP contribution in [0.3, 0.4) is 0 Å². The Bertz CT molecular complexity index is 358. The fourth-order valence-electron chi connectivity index (χ4n) is 5.49. The molecule has 0 aliphatic heterocycles. The fraction of sp³-hybridized carbons (Fsp3) is 0.941. The minimum absolute atomic E-state index is 0.0899. The smallest absolute Gasteiger partial charge is 0.318 e. The summed E-state index contributed by atoms with van der Waals surface area (Å²) in [7, 11) is 0. The van der Waals surface area contributed by atoms with Crippen molar-refractivity contribution in [2.45, 2.75) is 71.2 Å². The van der Waals surface area contributed by atoms with Crippen LogP contribution < -0.4 is 0 Å². The van der Waals surface area contributed by atoms with Gasteiger partial charge in [-0.3, -0.25) is 4.79 Å². The van der Waals surface area contributed by atoms with Crippen LogP contribution in [0.4, 0.5) is 0 Å². The van der Waals surface area contributed by atoms with Gasteiger partial charge >= 0.3 is 5.97 Å². The normalized spacial score (nSPS) is 38.8. The Balaban J connectivity index is 1.68. The highest BCUT2D eigenvalue weighted by Crippen LogP contribution is 2.61. The maximum absolute atomic E-state index is 11.6. The number of hydrogen-bond acceptors (Lipinski definition) is 3. The second kappa shape index (κ2) is 6.19. The van der Waals surface area contributed by atoms with Crippen molar-refractivity contribution in [3.8, 4) is 0 Å². The zero-order chi connectivity index (χ0) is 15.0. The van der Waals surface area contributed by atoms with E-state index in [0.29, 0.717) is 5.41 Å². The van der Waals surface area contributed by atoms with Crippen LogP contribution in [0.5, 0.6) is 0 Å². The van der Waals surface area contributed by atoms with Crippen LogP contribution in [0.2, 0.25) is 0 Å². The summed E-state index contributed by atoms with van der Waals surface area (Å²) in [5, 5.41) is 0.242. The van der Waals surface area contributed by atoms with Gasteiger partial charge in [-0.25, -0.2) is 0 Å². The quantitative estimate of drug-likeness (QED) is 0.403. The van der Waals surface area contributed by atoms with E-state index >= 15 is 0 Å². The number of carbonyl (C=O) groups is 1. The highest BCUT2D eigenvalue weighted by atomic mass is 79.9. The molecule has 1 unspecified atom stereocenters. The Labute approximate surface area is 136 Å². The summed E-state index contributed by atoms with van der Waals surface area (Å²) in [4.78, 5) is 11.6. The average Bonchev–Trinajstić information content (AvgIpc) is 2.35. The lowest BCUT2D eigenvalue weighted by molar-refractivity contribution is -0.201. The van der Waals surface area contributed by atoms with Gasteiger partial charge in [-0.1, -0.05) is 15.9 Å². The van der Waals surface area contributed by atoms with Crippen molar-refractivity contribution in [1.29, 1.82) is 0 Å². The minimum Gasteiger partial charge on any atom is -0.435 e. The molecule has 0 aromatic carbocycles. The third kappa shape index (κ3) is 3.64. The highest BCUT2D eigenvalue weighted by molar-refractivity contribution is 9.09. The monoisotopic (exact) mass is 358 g/mol. The van der Waals surface area contributed by atoms with Gasteiger partial charge < -0.3 is 9.47 Å². The van der Waals surface area contributed by atoms with Gasteiger partial charge in [-0.05, 0) is 75.5 Å². The Morgan fingerprint density at radius 3 is 2.10 bits per heavy atom. The standard InChI is InChI=1S/C17H27BrO3/c1-11(2)20-16(21-15(19)10-18)9-17-6-12-3-13(7-17)5-14(4-12)8-17/h11-14,16H,3-10H2,1-2H3. The first-order chi connectivity index (χ1) is 9.98. The molecule has 4 bridgehead atoms. The molecule has 120 valence electrons. The third-order valence-electron chi connectivity index (χ3n) is 5.56. The molecule has 4 saturated carbocycles. The van der Waals surface area contributed by atoms with E-state index in [1.807, 2.05) is 13.8 Å². The van der Waals surface area contributed by atoms with Crippen LogP contribution in [0.1, 0.15) is 58.8 Å². The van der Waals surface area contributed by atoms with E-state index in [4.69, 9.17) is 9.47 Å². The summed E-state index contributed by atoms with van der Waals surface area (Å²) in [5.41, 5.74) is 0.376. The zero-order valence-electron chi connectivity index (χ0n) is 13.1. The van der Waals surface area contributed by atoms with Crippen molar-refractivity contribution in [2.24, 2.45) is 23.2 Å². The van der Waals surface area contributed by atoms with Crippen molar-refractivity contribution < 1.29 is 14.3 Å². The summed E-state index contributed by atoms with van der Waals surface area (Å²) in [6.07, 6.45) is 8.91.